The molecule has 0 radical (unpaired) electrons. The van der Waals surface area contributed by atoms with Gasteiger partial charge in [0.1, 0.15) is 0 Å². The zero-order valence-electron chi connectivity index (χ0n) is 14.1. The average Bonchev–Trinajstić information content (AvgIpc) is 2.95. The SMILES string of the molecule is CNC1(CC(=O)NCC2CCN(C(C)C)C2)CCCCC1. The van der Waals surface area contributed by atoms with E-state index in [-0.39, 0.29) is 11.4 Å². The van der Waals surface area contributed by atoms with Crippen LogP contribution in [0, 0.1) is 5.92 Å². The Morgan fingerprint density at radius 2 is 2.00 bits per heavy atom. The van der Waals surface area contributed by atoms with E-state index >= 15 is 0 Å². The van der Waals surface area contributed by atoms with Gasteiger partial charge in [-0.3, -0.25) is 4.79 Å². The standard InChI is InChI=1S/C17H33N3O/c1-14(2)20-10-7-15(13-20)12-19-16(21)11-17(18-3)8-5-4-6-9-17/h14-15,18H,4-13H2,1-3H3,(H,19,21). The molecule has 4 heteroatoms. The van der Waals surface area contributed by atoms with Crippen molar-refractivity contribution in [2.75, 3.05) is 26.7 Å². The summed E-state index contributed by atoms with van der Waals surface area (Å²) in [5.74, 6) is 0.863. The molecule has 2 aliphatic rings. The van der Waals surface area contributed by atoms with Gasteiger partial charge < -0.3 is 15.5 Å². The van der Waals surface area contributed by atoms with Crippen LogP contribution in [0.1, 0.15) is 58.8 Å². The van der Waals surface area contributed by atoms with E-state index < -0.39 is 0 Å². The van der Waals surface area contributed by atoms with Crippen LogP contribution in [-0.2, 0) is 4.79 Å². The van der Waals surface area contributed by atoms with Crippen LogP contribution in [0.25, 0.3) is 0 Å². The third-order valence-corrected chi connectivity index (χ3v) is 5.48. The monoisotopic (exact) mass is 295 g/mol. The lowest BCUT2D eigenvalue weighted by Crippen LogP contribution is -2.48. The van der Waals surface area contributed by atoms with Crippen molar-refractivity contribution >= 4 is 5.91 Å². The molecule has 1 saturated heterocycles. The topological polar surface area (TPSA) is 44.4 Å². The van der Waals surface area contributed by atoms with Gasteiger partial charge in [0.2, 0.25) is 5.91 Å². The number of nitrogens with one attached hydrogen (secondary N) is 2. The zero-order chi connectivity index (χ0) is 15.3. The van der Waals surface area contributed by atoms with Crippen LogP contribution in [0.5, 0.6) is 0 Å². The summed E-state index contributed by atoms with van der Waals surface area (Å²) in [6.45, 7) is 7.66. The molecule has 1 heterocycles. The van der Waals surface area contributed by atoms with Crippen molar-refractivity contribution in [2.24, 2.45) is 5.92 Å². The fourth-order valence-electron chi connectivity index (χ4n) is 3.87. The predicted octanol–water partition coefficient (Wildman–Crippen LogP) is 2.15. The molecule has 21 heavy (non-hydrogen) atoms. The lowest BCUT2D eigenvalue weighted by atomic mass is 9.79. The first kappa shape index (κ1) is 16.8. The van der Waals surface area contributed by atoms with Crippen LogP contribution < -0.4 is 10.6 Å². The Morgan fingerprint density at radius 3 is 2.57 bits per heavy atom. The summed E-state index contributed by atoms with van der Waals surface area (Å²) in [6, 6.07) is 0.625. The number of rotatable bonds is 6. The van der Waals surface area contributed by atoms with Crippen molar-refractivity contribution in [3.63, 3.8) is 0 Å². The molecule has 2 fully saturated rings. The molecule has 122 valence electrons. The van der Waals surface area contributed by atoms with Gasteiger partial charge in [-0.1, -0.05) is 19.3 Å². The fraction of sp³-hybridized carbons (Fsp3) is 0.941. The number of hydrogen-bond acceptors (Lipinski definition) is 3. The van der Waals surface area contributed by atoms with E-state index in [9.17, 15) is 4.79 Å². The average molecular weight is 295 g/mol. The molecular weight excluding hydrogens is 262 g/mol. The molecule has 1 amide bonds. The highest BCUT2D eigenvalue weighted by Gasteiger charge is 2.33. The smallest absolute Gasteiger partial charge is 0.221 e. The fourth-order valence-corrected chi connectivity index (χ4v) is 3.87. The van der Waals surface area contributed by atoms with Crippen LogP contribution in [0.2, 0.25) is 0 Å². The van der Waals surface area contributed by atoms with Crippen LogP contribution >= 0.6 is 0 Å². The minimum absolute atomic E-state index is 0.0575. The Bertz CT molecular complexity index is 337. The van der Waals surface area contributed by atoms with E-state index in [0.29, 0.717) is 18.4 Å². The second-order valence-electron chi connectivity index (χ2n) is 7.32. The first-order chi connectivity index (χ1) is 10.0. The molecule has 0 spiro atoms. The zero-order valence-corrected chi connectivity index (χ0v) is 14.1. The summed E-state index contributed by atoms with van der Waals surface area (Å²) < 4.78 is 0. The maximum Gasteiger partial charge on any atom is 0.221 e. The number of likely N-dealkylation sites (tertiary alicyclic amines) is 1. The normalized spacial score (nSPS) is 26.2. The molecule has 0 aromatic carbocycles. The van der Waals surface area contributed by atoms with Gasteiger partial charge in [0.05, 0.1) is 0 Å². The number of carbonyl (C=O) groups excluding carboxylic acids is 1. The van der Waals surface area contributed by atoms with Crippen molar-refractivity contribution in [3.05, 3.63) is 0 Å². The summed E-state index contributed by atoms with van der Waals surface area (Å²) in [4.78, 5) is 14.8. The van der Waals surface area contributed by atoms with Gasteiger partial charge >= 0.3 is 0 Å². The second kappa shape index (κ2) is 7.59. The van der Waals surface area contributed by atoms with E-state index in [1.807, 2.05) is 7.05 Å². The molecule has 2 rings (SSSR count). The third-order valence-electron chi connectivity index (χ3n) is 5.48. The molecule has 1 atom stereocenters. The minimum atomic E-state index is 0.0575. The summed E-state index contributed by atoms with van der Waals surface area (Å²) in [5, 5.41) is 6.61. The van der Waals surface area contributed by atoms with Crippen LogP contribution in [0.15, 0.2) is 0 Å². The lowest BCUT2D eigenvalue weighted by molar-refractivity contribution is -0.123. The van der Waals surface area contributed by atoms with Gasteiger partial charge in [-0.25, -0.2) is 0 Å². The highest BCUT2D eigenvalue weighted by Crippen LogP contribution is 2.30. The number of hydrogen-bond donors (Lipinski definition) is 2. The highest BCUT2D eigenvalue weighted by molar-refractivity contribution is 5.77. The molecule has 1 aliphatic heterocycles. The molecule has 1 saturated carbocycles. The molecule has 4 nitrogen and oxygen atoms in total. The second-order valence-corrected chi connectivity index (χ2v) is 7.32. The maximum atomic E-state index is 12.3. The Balaban J connectivity index is 1.72. The number of carbonyl (C=O) groups is 1. The van der Waals surface area contributed by atoms with E-state index in [4.69, 9.17) is 0 Å². The van der Waals surface area contributed by atoms with Crippen molar-refractivity contribution in [2.45, 2.75) is 70.4 Å². The molecule has 2 N–H and O–H groups in total. The van der Waals surface area contributed by atoms with Gasteiger partial charge in [0.15, 0.2) is 0 Å². The van der Waals surface area contributed by atoms with E-state index in [1.165, 1.54) is 32.2 Å². The molecule has 0 bridgehead atoms. The first-order valence-corrected chi connectivity index (χ1v) is 8.74. The molecule has 1 unspecified atom stereocenters. The van der Waals surface area contributed by atoms with Crippen LogP contribution in [-0.4, -0.2) is 49.1 Å². The third kappa shape index (κ3) is 4.68. The predicted molar refractivity (Wildman–Crippen MR) is 87.3 cm³/mol. The molecular formula is C17H33N3O. The Kier molecular flexibility index (Phi) is 6.06. The number of amides is 1. The lowest BCUT2D eigenvalue weighted by Gasteiger charge is -2.36. The van der Waals surface area contributed by atoms with Crippen molar-refractivity contribution in [3.8, 4) is 0 Å². The van der Waals surface area contributed by atoms with Gasteiger partial charge in [-0.05, 0) is 52.6 Å². The molecule has 0 aromatic rings. The van der Waals surface area contributed by atoms with Crippen LogP contribution in [0.3, 0.4) is 0 Å². The highest BCUT2D eigenvalue weighted by atomic mass is 16.1. The molecule has 0 aromatic heterocycles. The summed E-state index contributed by atoms with van der Waals surface area (Å²) in [7, 11) is 2.01. The van der Waals surface area contributed by atoms with Gasteiger partial charge in [-0.15, -0.1) is 0 Å². The largest absolute Gasteiger partial charge is 0.356 e. The molecule has 1 aliphatic carbocycles. The van der Waals surface area contributed by atoms with Crippen molar-refractivity contribution < 1.29 is 4.79 Å². The van der Waals surface area contributed by atoms with E-state index in [2.05, 4.69) is 29.4 Å². The summed E-state index contributed by atoms with van der Waals surface area (Å²) in [6.07, 6.45) is 7.96. The summed E-state index contributed by atoms with van der Waals surface area (Å²) in [5.41, 5.74) is 0.0575. The van der Waals surface area contributed by atoms with Crippen molar-refractivity contribution in [1.82, 2.24) is 15.5 Å². The van der Waals surface area contributed by atoms with E-state index in [0.717, 1.165) is 25.9 Å². The van der Waals surface area contributed by atoms with Gasteiger partial charge in [0.25, 0.3) is 0 Å². The van der Waals surface area contributed by atoms with E-state index in [1.54, 1.807) is 0 Å². The number of nitrogens with zero attached hydrogens (tertiary/aromatic N) is 1. The Labute approximate surface area is 130 Å². The minimum Gasteiger partial charge on any atom is -0.356 e. The maximum absolute atomic E-state index is 12.3. The Morgan fingerprint density at radius 1 is 1.29 bits per heavy atom. The van der Waals surface area contributed by atoms with Crippen LogP contribution in [0.4, 0.5) is 0 Å². The Hall–Kier alpha value is -0.610. The first-order valence-electron chi connectivity index (χ1n) is 8.74. The van der Waals surface area contributed by atoms with Gasteiger partial charge in [0, 0.05) is 31.1 Å². The quantitative estimate of drug-likeness (QED) is 0.789. The summed E-state index contributed by atoms with van der Waals surface area (Å²) >= 11 is 0. The van der Waals surface area contributed by atoms with Gasteiger partial charge in [-0.2, -0.15) is 0 Å². The van der Waals surface area contributed by atoms with Crippen molar-refractivity contribution in [1.29, 1.82) is 0 Å².